The van der Waals surface area contributed by atoms with E-state index in [0.29, 0.717) is 17.9 Å². The summed E-state index contributed by atoms with van der Waals surface area (Å²) in [4.78, 5) is 18.1. The number of para-hydroxylation sites is 1. The lowest BCUT2D eigenvalue weighted by Gasteiger charge is -2.30. The van der Waals surface area contributed by atoms with Crippen molar-refractivity contribution < 1.29 is 13.2 Å². The number of anilines is 1. The second-order valence-corrected chi connectivity index (χ2v) is 10.9. The van der Waals surface area contributed by atoms with Gasteiger partial charge in [-0.2, -0.15) is 4.31 Å². The molecular formula is C25H29N3O4S. The molecule has 7 nitrogen and oxygen atoms in total. The maximum atomic E-state index is 13.9. The van der Waals surface area contributed by atoms with Gasteiger partial charge in [-0.25, -0.2) is 8.42 Å². The first-order chi connectivity index (χ1) is 15.8. The van der Waals surface area contributed by atoms with E-state index in [1.54, 1.807) is 18.2 Å². The monoisotopic (exact) mass is 467 g/mol. The molecule has 0 spiro atoms. The standard InChI is InChI=1S/C25H29N3O4S/c1-17-6-5-7-18-14-19(25(29)26-24(17)18)16-28(20-8-3-4-9-20)33(30,31)21-10-11-22-23(15-21)32-13-12-27(22)2/h5-7,10-11,14-15,20H,3-4,8-9,12-13,16H2,1-2H3,(H,26,29). The summed E-state index contributed by atoms with van der Waals surface area (Å²) in [6.07, 6.45) is 3.58. The summed E-state index contributed by atoms with van der Waals surface area (Å²) in [7, 11) is -1.86. The van der Waals surface area contributed by atoms with Gasteiger partial charge < -0.3 is 14.6 Å². The van der Waals surface area contributed by atoms with E-state index in [1.165, 1.54) is 4.31 Å². The Hall–Kier alpha value is -2.84. The third-order valence-electron chi connectivity index (χ3n) is 6.86. The van der Waals surface area contributed by atoms with Gasteiger partial charge in [-0.05, 0) is 48.9 Å². The minimum Gasteiger partial charge on any atom is -0.490 e. The first kappa shape index (κ1) is 22.0. The molecule has 0 bridgehead atoms. The highest BCUT2D eigenvalue weighted by Crippen LogP contribution is 2.36. The van der Waals surface area contributed by atoms with Crippen molar-refractivity contribution in [1.82, 2.24) is 9.29 Å². The van der Waals surface area contributed by atoms with Gasteiger partial charge >= 0.3 is 0 Å². The van der Waals surface area contributed by atoms with Crippen LogP contribution in [0.4, 0.5) is 5.69 Å². The Morgan fingerprint density at radius 1 is 1.15 bits per heavy atom. The van der Waals surface area contributed by atoms with Gasteiger partial charge in [0.25, 0.3) is 5.56 Å². The second kappa shape index (κ2) is 8.50. The van der Waals surface area contributed by atoms with E-state index in [-0.39, 0.29) is 23.0 Å². The molecule has 1 aliphatic heterocycles. The van der Waals surface area contributed by atoms with Gasteiger partial charge in [-0.3, -0.25) is 4.79 Å². The topological polar surface area (TPSA) is 82.7 Å². The molecule has 1 aliphatic carbocycles. The summed E-state index contributed by atoms with van der Waals surface area (Å²) in [5.74, 6) is 0.579. The number of rotatable bonds is 5. The smallest absolute Gasteiger partial charge is 0.252 e. The van der Waals surface area contributed by atoms with Crippen LogP contribution in [0.15, 0.2) is 52.2 Å². The summed E-state index contributed by atoms with van der Waals surface area (Å²) in [5, 5.41) is 0.901. The number of aromatic nitrogens is 1. The van der Waals surface area contributed by atoms with Crippen molar-refractivity contribution in [2.75, 3.05) is 25.1 Å². The number of nitrogens with one attached hydrogen (secondary N) is 1. The highest BCUT2D eigenvalue weighted by Gasteiger charge is 2.35. The second-order valence-electron chi connectivity index (χ2n) is 9.05. The number of aromatic amines is 1. The number of aryl methyl sites for hydroxylation is 1. The summed E-state index contributed by atoms with van der Waals surface area (Å²) >= 11 is 0. The number of H-pyrrole nitrogens is 1. The molecule has 0 atom stereocenters. The Labute approximate surface area is 194 Å². The van der Waals surface area contributed by atoms with Gasteiger partial charge in [-0.1, -0.05) is 31.0 Å². The molecule has 1 fully saturated rings. The molecule has 0 saturated heterocycles. The van der Waals surface area contributed by atoms with E-state index in [1.807, 2.05) is 38.2 Å². The predicted molar refractivity (Wildman–Crippen MR) is 129 cm³/mol. The lowest BCUT2D eigenvalue weighted by atomic mass is 10.1. The van der Waals surface area contributed by atoms with Crippen LogP contribution in [-0.2, 0) is 16.6 Å². The summed E-state index contributed by atoms with van der Waals surface area (Å²) < 4.78 is 35.0. The Kier molecular flexibility index (Phi) is 5.66. The Balaban J connectivity index is 1.56. The molecule has 3 aromatic rings. The number of nitrogens with zero attached hydrogens (tertiary/aromatic N) is 2. The highest BCUT2D eigenvalue weighted by molar-refractivity contribution is 7.89. The first-order valence-corrected chi connectivity index (χ1v) is 12.9. The first-order valence-electron chi connectivity index (χ1n) is 11.5. The zero-order valence-electron chi connectivity index (χ0n) is 19.0. The summed E-state index contributed by atoms with van der Waals surface area (Å²) in [5.41, 5.74) is 2.87. The Bertz CT molecular complexity index is 1360. The lowest BCUT2D eigenvalue weighted by molar-refractivity contribution is 0.307. The fourth-order valence-corrected chi connectivity index (χ4v) is 6.63. The van der Waals surface area contributed by atoms with Gasteiger partial charge in [0, 0.05) is 31.3 Å². The highest BCUT2D eigenvalue weighted by atomic mass is 32.2. The Morgan fingerprint density at radius 3 is 2.73 bits per heavy atom. The third kappa shape index (κ3) is 4.02. The summed E-state index contributed by atoms with van der Waals surface area (Å²) in [6, 6.07) is 12.6. The van der Waals surface area contributed by atoms with Crippen LogP contribution >= 0.6 is 0 Å². The molecule has 2 heterocycles. The van der Waals surface area contributed by atoms with Gasteiger partial charge in [0.2, 0.25) is 10.0 Å². The Morgan fingerprint density at radius 2 is 1.94 bits per heavy atom. The number of fused-ring (bicyclic) bond motifs is 2. The van der Waals surface area contributed by atoms with Crippen LogP contribution in [0.1, 0.15) is 36.8 Å². The maximum absolute atomic E-state index is 13.9. The van der Waals surface area contributed by atoms with E-state index in [9.17, 15) is 13.2 Å². The molecule has 33 heavy (non-hydrogen) atoms. The zero-order valence-corrected chi connectivity index (χ0v) is 19.8. The molecule has 8 heteroatoms. The SMILES string of the molecule is Cc1cccc2cc(CN(C3CCCC3)S(=O)(=O)c3ccc4c(c3)OCCN4C)c(=O)[nH]c12. The molecule has 5 rings (SSSR count). The molecule has 1 saturated carbocycles. The lowest BCUT2D eigenvalue weighted by Crippen LogP contribution is -2.39. The van der Waals surface area contributed by atoms with Crippen LogP contribution in [0.2, 0.25) is 0 Å². The number of pyridine rings is 1. The van der Waals surface area contributed by atoms with Crippen LogP contribution in [0.5, 0.6) is 5.75 Å². The molecule has 1 aromatic heterocycles. The predicted octanol–water partition coefficient (Wildman–Crippen LogP) is 3.80. The molecule has 0 amide bonds. The minimum atomic E-state index is -3.83. The van der Waals surface area contributed by atoms with Gasteiger partial charge in [0.15, 0.2) is 0 Å². The van der Waals surface area contributed by atoms with Gasteiger partial charge in [0.05, 0.1) is 22.6 Å². The van der Waals surface area contributed by atoms with Crippen molar-refractivity contribution in [3.05, 3.63) is 63.9 Å². The molecule has 0 radical (unpaired) electrons. The van der Waals surface area contributed by atoms with Crippen LogP contribution in [0.3, 0.4) is 0 Å². The maximum Gasteiger partial charge on any atom is 0.252 e. The van der Waals surface area contributed by atoms with Gasteiger partial charge in [0.1, 0.15) is 12.4 Å². The number of hydrogen-bond donors (Lipinski definition) is 1. The number of hydrogen-bond acceptors (Lipinski definition) is 5. The van der Waals surface area contributed by atoms with E-state index < -0.39 is 10.0 Å². The zero-order chi connectivity index (χ0) is 23.2. The quantitative estimate of drug-likeness (QED) is 0.617. The third-order valence-corrected chi connectivity index (χ3v) is 8.75. The van der Waals surface area contributed by atoms with E-state index in [2.05, 4.69) is 9.88 Å². The molecule has 2 aromatic carbocycles. The molecule has 1 N–H and O–H groups in total. The normalized spacial score (nSPS) is 16.9. The van der Waals surface area contributed by atoms with Crippen LogP contribution in [-0.4, -0.2) is 43.9 Å². The number of sulfonamides is 1. The molecule has 174 valence electrons. The number of benzene rings is 2. The van der Waals surface area contributed by atoms with E-state index >= 15 is 0 Å². The molecular weight excluding hydrogens is 438 g/mol. The van der Waals surface area contributed by atoms with Crippen LogP contribution in [0, 0.1) is 6.92 Å². The van der Waals surface area contributed by atoms with Crippen molar-refractivity contribution in [3.8, 4) is 5.75 Å². The number of ether oxygens (including phenoxy) is 1. The van der Waals surface area contributed by atoms with E-state index in [4.69, 9.17) is 4.74 Å². The summed E-state index contributed by atoms with van der Waals surface area (Å²) in [6.45, 7) is 3.27. The fraction of sp³-hybridized carbons (Fsp3) is 0.400. The van der Waals surface area contributed by atoms with Crippen molar-refractivity contribution in [2.45, 2.75) is 50.1 Å². The molecule has 2 aliphatic rings. The number of likely N-dealkylation sites (N-methyl/N-ethyl adjacent to an activating group) is 1. The molecule has 0 unspecified atom stereocenters. The average molecular weight is 468 g/mol. The fourth-order valence-electron chi connectivity index (χ4n) is 4.95. The average Bonchev–Trinajstić information content (AvgIpc) is 3.32. The minimum absolute atomic E-state index is 0.0457. The van der Waals surface area contributed by atoms with Crippen LogP contribution < -0.4 is 15.2 Å². The van der Waals surface area contributed by atoms with Gasteiger partial charge in [-0.15, -0.1) is 0 Å². The largest absolute Gasteiger partial charge is 0.490 e. The van der Waals surface area contributed by atoms with Crippen LogP contribution in [0.25, 0.3) is 10.9 Å². The van der Waals surface area contributed by atoms with Crippen molar-refractivity contribution in [3.63, 3.8) is 0 Å². The van der Waals surface area contributed by atoms with Crippen molar-refractivity contribution in [1.29, 1.82) is 0 Å². The van der Waals surface area contributed by atoms with Crippen molar-refractivity contribution in [2.24, 2.45) is 0 Å². The van der Waals surface area contributed by atoms with Crippen molar-refractivity contribution >= 4 is 26.6 Å². The van der Waals surface area contributed by atoms with E-state index in [0.717, 1.165) is 54.4 Å².